The number of aromatic hydroxyl groups is 1. The highest BCUT2D eigenvalue weighted by Gasteiger charge is 2.30. The van der Waals surface area contributed by atoms with Gasteiger partial charge in [0.05, 0.1) is 6.10 Å². The van der Waals surface area contributed by atoms with E-state index in [2.05, 4.69) is 21.2 Å². The fourth-order valence-electron chi connectivity index (χ4n) is 3.02. The Morgan fingerprint density at radius 3 is 2.56 bits per heavy atom. The Morgan fingerprint density at radius 2 is 1.91 bits per heavy atom. The van der Waals surface area contributed by atoms with Crippen molar-refractivity contribution >= 4 is 33.6 Å². The van der Waals surface area contributed by atoms with Crippen LogP contribution in [0, 0.1) is 6.92 Å². The number of ether oxygens (including phenoxy) is 2. The van der Waals surface area contributed by atoms with Crippen molar-refractivity contribution in [2.24, 2.45) is 0 Å². The second-order valence-electron chi connectivity index (χ2n) is 6.97. The van der Waals surface area contributed by atoms with E-state index in [1.807, 2.05) is 26.0 Å². The first-order chi connectivity index (χ1) is 15.3. The average Bonchev–Trinajstić information content (AvgIpc) is 2.77. The van der Waals surface area contributed by atoms with Gasteiger partial charge in [-0.3, -0.25) is 15.3 Å². The molecule has 0 fully saturated rings. The van der Waals surface area contributed by atoms with Crippen molar-refractivity contribution in [1.29, 1.82) is 0 Å². The molecule has 32 heavy (non-hydrogen) atoms. The number of nitrogens with one attached hydrogen (secondary N) is 2. The molecular formula is C23H27BrN2O6. The van der Waals surface area contributed by atoms with Gasteiger partial charge in [-0.25, -0.2) is 10.3 Å². The van der Waals surface area contributed by atoms with E-state index in [1.54, 1.807) is 30.3 Å². The predicted molar refractivity (Wildman–Crippen MR) is 124 cm³/mol. The van der Waals surface area contributed by atoms with Crippen LogP contribution in [0.1, 0.15) is 37.0 Å². The van der Waals surface area contributed by atoms with Crippen molar-refractivity contribution in [3.8, 4) is 5.75 Å². The number of amides is 2. The highest BCUT2D eigenvalue weighted by molar-refractivity contribution is 9.10. The van der Waals surface area contributed by atoms with Gasteiger partial charge in [0.15, 0.2) is 6.10 Å². The van der Waals surface area contributed by atoms with Crippen LogP contribution >= 0.6 is 15.9 Å². The van der Waals surface area contributed by atoms with Crippen LogP contribution in [0.15, 0.2) is 59.1 Å². The van der Waals surface area contributed by atoms with Gasteiger partial charge < -0.3 is 14.6 Å². The summed E-state index contributed by atoms with van der Waals surface area (Å²) in [5.41, 5.74) is 3.53. The maximum Gasteiger partial charge on any atom is 0.412 e. The van der Waals surface area contributed by atoms with Gasteiger partial charge in [-0.15, -0.1) is 0 Å². The zero-order chi connectivity index (χ0) is 23.5. The Balaban J connectivity index is 2.25. The molecule has 2 atom stereocenters. The number of hydroxylamine groups is 1. The van der Waals surface area contributed by atoms with Crippen LogP contribution in [0.3, 0.4) is 0 Å². The van der Waals surface area contributed by atoms with Crippen molar-refractivity contribution < 1.29 is 29.4 Å². The molecule has 0 aliphatic rings. The molecule has 2 amide bonds. The summed E-state index contributed by atoms with van der Waals surface area (Å²) in [6.45, 7) is 4.10. The minimum atomic E-state index is -0.919. The molecule has 2 aromatic rings. The molecule has 0 bridgehead atoms. The van der Waals surface area contributed by atoms with Crippen molar-refractivity contribution in [2.45, 2.75) is 38.9 Å². The monoisotopic (exact) mass is 506 g/mol. The summed E-state index contributed by atoms with van der Waals surface area (Å²) in [5.74, 6) is -0.686. The molecule has 4 N–H and O–H groups in total. The van der Waals surface area contributed by atoms with Crippen LogP contribution in [-0.4, -0.2) is 35.0 Å². The fraction of sp³-hybridized carbons (Fsp3) is 0.304. The number of anilines is 1. The second kappa shape index (κ2) is 12.8. The SMILES string of the molecule is CCO[C@H](CC/C=C/C(=O)NO)[C@H](OC(=O)Nc1ccc(C)cc1)c1cc(Br)ccc1O. The number of phenolic OH excluding ortho intramolecular Hbond substituents is 1. The van der Waals surface area contributed by atoms with Crippen LogP contribution in [0.25, 0.3) is 0 Å². The maximum atomic E-state index is 12.7. The molecule has 0 aliphatic heterocycles. The number of hydrogen-bond acceptors (Lipinski definition) is 6. The van der Waals surface area contributed by atoms with E-state index in [-0.39, 0.29) is 5.75 Å². The Morgan fingerprint density at radius 1 is 1.19 bits per heavy atom. The Kier molecular flexibility index (Phi) is 10.2. The minimum Gasteiger partial charge on any atom is -0.508 e. The van der Waals surface area contributed by atoms with Crippen molar-refractivity contribution in [1.82, 2.24) is 5.48 Å². The third kappa shape index (κ3) is 7.99. The highest BCUT2D eigenvalue weighted by Crippen LogP contribution is 2.35. The molecule has 0 saturated carbocycles. The number of carbonyl (C=O) groups excluding carboxylic acids is 2. The molecule has 9 heteroatoms. The van der Waals surface area contributed by atoms with Gasteiger partial charge >= 0.3 is 6.09 Å². The van der Waals surface area contributed by atoms with Gasteiger partial charge in [0, 0.05) is 28.4 Å². The van der Waals surface area contributed by atoms with E-state index in [0.29, 0.717) is 35.2 Å². The van der Waals surface area contributed by atoms with Crippen molar-refractivity contribution in [3.63, 3.8) is 0 Å². The number of allylic oxidation sites excluding steroid dienone is 1. The van der Waals surface area contributed by atoms with E-state index in [9.17, 15) is 14.7 Å². The fourth-order valence-corrected chi connectivity index (χ4v) is 3.40. The van der Waals surface area contributed by atoms with Gasteiger partial charge in [-0.1, -0.05) is 39.7 Å². The zero-order valence-corrected chi connectivity index (χ0v) is 19.5. The smallest absolute Gasteiger partial charge is 0.412 e. The van der Waals surface area contributed by atoms with Crippen molar-refractivity contribution in [2.75, 3.05) is 11.9 Å². The summed E-state index contributed by atoms with van der Waals surface area (Å²) >= 11 is 3.38. The van der Waals surface area contributed by atoms with Gasteiger partial charge in [0.1, 0.15) is 5.75 Å². The molecule has 8 nitrogen and oxygen atoms in total. The summed E-state index contributed by atoms with van der Waals surface area (Å²) in [7, 11) is 0. The highest BCUT2D eigenvalue weighted by atomic mass is 79.9. The summed E-state index contributed by atoms with van der Waals surface area (Å²) in [6, 6.07) is 12.1. The molecule has 172 valence electrons. The van der Waals surface area contributed by atoms with E-state index < -0.39 is 24.2 Å². The number of phenols is 1. The first-order valence-corrected chi connectivity index (χ1v) is 10.9. The van der Waals surface area contributed by atoms with Gasteiger partial charge in [0.25, 0.3) is 5.91 Å². The molecule has 0 unspecified atom stereocenters. The molecule has 2 aromatic carbocycles. The average molecular weight is 507 g/mol. The normalized spacial score (nSPS) is 12.9. The van der Waals surface area contributed by atoms with E-state index in [4.69, 9.17) is 14.7 Å². The summed E-state index contributed by atoms with van der Waals surface area (Å²) in [5, 5.41) is 21.7. The van der Waals surface area contributed by atoms with Crippen LogP contribution in [0.4, 0.5) is 10.5 Å². The lowest BCUT2D eigenvalue weighted by molar-refractivity contribution is -0.124. The Hall–Kier alpha value is -2.88. The van der Waals surface area contributed by atoms with Crippen LogP contribution in [0.2, 0.25) is 0 Å². The third-order valence-corrected chi connectivity index (χ3v) is 5.04. The second-order valence-corrected chi connectivity index (χ2v) is 7.89. The summed E-state index contributed by atoms with van der Waals surface area (Å²) in [6.07, 6.45) is 1.34. The molecule has 0 radical (unpaired) electrons. The van der Waals surface area contributed by atoms with Gasteiger partial charge in [-0.2, -0.15) is 0 Å². The quantitative estimate of drug-likeness (QED) is 0.204. The largest absolute Gasteiger partial charge is 0.508 e. The molecule has 0 aromatic heterocycles. The number of hydrogen-bond donors (Lipinski definition) is 4. The first-order valence-electron chi connectivity index (χ1n) is 10.1. The summed E-state index contributed by atoms with van der Waals surface area (Å²) < 4.78 is 12.3. The lowest BCUT2D eigenvalue weighted by Crippen LogP contribution is -2.29. The van der Waals surface area contributed by atoms with Gasteiger partial charge in [-0.05, 0) is 57.0 Å². The molecule has 0 aliphatic carbocycles. The first kappa shape index (κ1) is 25.4. The zero-order valence-electron chi connectivity index (χ0n) is 17.9. The van der Waals surface area contributed by atoms with Gasteiger partial charge in [0.2, 0.25) is 0 Å². The number of rotatable bonds is 10. The van der Waals surface area contributed by atoms with Crippen LogP contribution in [0.5, 0.6) is 5.75 Å². The van der Waals surface area contributed by atoms with Crippen LogP contribution < -0.4 is 10.8 Å². The van der Waals surface area contributed by atoms with E-state index in [0.717, 1.165) is 5.56 Å². The molecule has 0 spiro atoms. The Bertz CT molecular complexity index is 933. The number of aryl methyl sites for hydroxylation is 1. The lowest BCUT2D eigenvalue weighted by atomic mass is 9.99. The van der Waals surface area contributed by atoms with E-state index >= 15 is 0 Å². The number of benzene rings is 2. The van der Waals surface area contributed by atoms with Crippen LogP contribution in [-0.2, 0) is 14.3 Å². The molecular weight excluding hydrogens is 480 g/mol. The maximum absolute atomic E-state index is 12.7. The topological polar surface area (TPSA) is 117 Å². The number of halogens is 1. The third-order valence-electron chi connectivity index (χ3n) is 4.54. The Labute approximate surface area is 195 Å². The number of carbonyl (C=O) groups is 2. The van der Waals surface area contributed by atoms with E-state index in [1.165, 1.54) is 17.6 Å². The minimum absolute atomic E-state index is 0.0405. The molecule has 0 saturated heterocycles. The lowest BCUT2D eigenvalue weighted by Gasteiger charge is -2.28. The molecule has 0 heterocycles. The summed E-state index contributed by atoms with van der Waals surface area (Å²) in [4.78, 5) is 23.8. The molecule has 2 rings (SSSR count). The predicted octanol–water partition coefficient (Wildman–Crippen LogP) is 5.00. The van der Waals surface area contributed by atoms with Crippen molar-refractivity contribution in [3.05, 3.63) is 70.2 Å². The standard InChI is InChI=1S/C23H27BrN2O6/c1-3-31-20(6-4-5-7-21(28)26-30)22(18-14-16(24)10-13-19(18)27)32-23(29)25-17-11-8-15(2)9-12-17/h5,7-14,20,22,27,30H,3-4,6H2,1-2H3,(H,25,29)(H,26,28)/b7-5+/t20-,22-/m1/s1.